The van der Waals surface area contributed by atoms with Gasteiger partial charge in [-0.1, -0.05) is 18.2 Å². The van der Waals surface area contributed by atoms with Crippen molar-refractivity contribution in [2.75, 3.05) is 12.8 Å². The highest BCUT2D eigenvalue weighted by Gasteiger charge is 2.22. The van der Waals surface area contributed by atoms with Crippen LogP contribution in [0.15, 0.2) is 30.3 Å². The number of carbonyl (C=O) groups excluding carboxylic acids is 1. The zero-order valence-corrected chi connectivity index (χ0v) is 13.1. The maximum Gasteiger partial charge on any atom is 0.266 e. The van der Waals surface area contributed by atoms with E-state index in [4.69, 9.17) is 5.73 Å². The summed E-state index contributed by atoms with van der Waals surface area (Å²) in [6.07, 6.45) is 0. The molecule has 0 spiro atoms. The lowest BCUT2D eigenvalue weighted by Gasteiger charge is -2.20. The lowest BCUT2D eigenvalue weighted by Crippen LogP contribution is -2.32. The summed E-state index contributed by atoms with van der Waals surface area (Å²) in [7, 11) is 1.79. The van der Waals surface area contributed by atoms with Gasteiger partial charge >= 0.3 is 0 Å². The third-order valence-electron chi connectivity index (χ3n) is 3.71. The molecule has 2 N–H and O–H groups in total. The Balaban J connectivity index is 2.19. The van der Waals surface area contributed by atoms with Crippen molar-refractivity contribution in [1.82, 2.24) is 9.88 Å². The number of hydrogen-bond acceptors (Lipinski definition) is 4. The summed E-state index contributed by atoms with van der Waals surface area (Å²) in [5.74, 6) is -0.0467. The van der Waals surface area contributed by atoms with Gasteiger partial charge in [-0.15, -0.1) is 11.3 Å². The average molecular weight is 299 g/mol. The molecule has 3 rings (SSSR count). The highest BCUT2D eigenvalue weighted by molar-refractivity contribution is 7.21. The van der Waals surface area contributed by atoms with Crippen LogP contribution in [-0.4, -0.2) is 28.9 Å². The van der Waals surface area contributed by atoms with Crippen LogP contribution < -0.4 is 5.73 Å². The Morgan fingerprint density at radius 2 is 2.05 bits per heavy atom. The number of amides is 1. The molecule has 21 heavy (non-hydrogen) atoms. The molecule has 4 nitrogen and oxygen atoms in total. The molecule has 2 heterocycles. The third kappa shape index (κ3) is 2.23. The number of rotatable bonds is 2. The van der Waals surface area contributed by atoms with Gasteiger partial charge in [0.25, 0.3) is 5.91 Å². The van der Waals surface area contributed by atoms with Gasteiger partial charge in [-0.05, 0) is 26.0 Å². The molecule has 1 amide bonds. The number of nitrogens with two attached hydrogens (primary N) is 1. The summed E-state index contributed by atoms with van der Waals surface area (Å²) < 4.78 is 0. The van der Waals surface area contributed by atoms with Gasteiger partial charge in [0.15, 0.2) is 0 Å². The van der Waals surface area contributed by atoms with Gasteiger partial charge in [0, 0.05) is 23.9 Å². The minimum Gasteiger partial charge on any atom is -0.397 e. The van der Waals surface area contributed by atoms with Gasteiger partial charge in [-0.25, -0.2) is 4.98 Å². The lowest BCUT2D eigenvalue weighted by atomic mass is 10.1. The zero-order chi connectivity index (χ0) is 15.1. The minimum atomic E-state index is -0.0467. The first-order valence-corrected chi connectivity index (χ1v) is 7.65. The average Bonchev–Trinajstić information content (AvgIpc) is 2.80. The van der Waals surface area contributed by atoms with Gasteiger partial charge in [0.1, 0.15) is 9.71 Å². The number of aromatic nitrogens is 1. The lowest BCUT2D eigenvalue weighted by molar-refractivity contribution is 0.0761. The first-order valence-electron chi connectivity index (χ1n) is 6.84. The maximum absolute atomic E-state index is 12.5. The van der Waals surface area contributed by atoms with Crippen LogP contribution in [0.5, 0.6) is 0 Å². The summed E-state index contributed by atoms with van der Waals surface area (Å²) in [6, 6.07) is 10.0. The number of nitrogen functional groups attached to an aromatic ring is 1. The van der Waals surface area contributed by atoms with Gasteiger partial charge in [-0.3, -0.25) is 4.79 Å². The molecule has 0 radical (unpaired) electrons. The maximum atomic E-state index is 12.5. The SMILES string of the molecule is CC(C)N(C)C(=O)c1sc2nc3ccccc3cc2c1N. The van der Waals surface area contributed by atoms with Crippen molar-refractivity contribution in [3.63, 3.8) is 0 Å². The second kappa shape index (κ2) is 5.00. The number of nitrogens with zero attached hydrogens (tertiary/aromatic N) is 2. The smallest absolute Gasteiger partial charge is 0.266 e. The minimum absolute atomic E-state index is 0.0467. The molecular formula is C16H17N3OS. The predicted molar refractivity (Wildman–Crippen MR) is 88.8 cm³/mol. The molecular weight excluding hydrogens is 282 g/mol. The number of benzene rings is 1. The van der Waals surface area contributed by atoms with Crippen molar-refractivity contribution in [2.24, 2.45) is 0 Å². The van der Waals surface area contributed by atoms with Crippen LogP contribution in [0.3, 0.4) is 0 Å². The fourth-order valence-corrected chi connectivity index (χ4v) is 3.26. The van der Waals surface area contributed by atoms with Crippen LogP contribution >= 0.6 is 11.3 Å². The Bertz CT molecular complexity index is 838. The van der Waals surface area contributed by atoms with E-state index < -0.39 is 0 Å². The summed E-state index contributed by atoms with van der Waals surface area (Å²) in [5, 5.41) is 1.89. The first kappa shape index (κ1) is 13.8. The third-order valence-corrected chi connectivity index (χ3v) is 4.81. The van der Waals surface area contributed by atoms with E-state index >= 15 is 0 Å². The fraction of sp³-hybridized carbons (Fsp3) is 0.250. The van der Waals surface area contributed by atoms with Crippen molar-refractivity contribution >= 4 is 44.1 Å². The van der Waals surface area contributed by atoms with Crippen LogP contribution in [0.2, 0.25) is 0 Å². The van der Waals surface area contributed by atoms with E-state index in [1.165, 1.54) is 11.3 Å². The Hall–Kier alpha value is -2.14. The van der Waals surface area contributed by atoms with E-state index in [9.17, 15) is 4.79 Å². The standard InChI is InChI=1S/C16H17N3OS/c1-9(2)19(3)16(20)14-13(17)11-8-10-6-4-5-7-12(10)18-15(11)21-14/h4-9H,17H2,1-3H3. The summed E-state index contributed by atoms with van der Waals surface area (Å²) in [6.45, 7) is 3.96. The number of hydrogen-bond donors (Lipinski definition) is 1. The molecule has 0 bridgehead atoms. The highest BCUT2D eigenvalue weighted by atomic mass is 32.1. The quantitative estimate of drug-likeness (QED) is 0.787. The molecule has 0 aliphatic carbocycles. The van der Waals surface area contributed by atoms with E-state index in [0.717, 1.165) is 21.1 Å². The Morgan fingerprint density at radius 1 is 1.33 bits per heavy atom. The number of carbonyl (C=O) groups is 1. The van der Waals surface area contributed by atoms with Crippen molar-refractivity contribution in [2.45, 2.75) is 19.9 Å². The van der Waals surface area contributed by atoms with Gasteiger partial charge in [0.05, 0.1) is 11.2 Å². The molecule has 2 aromatic heterocycles. The van der Waals surface area contributed by atoms with Crippen molar-refractivity contribution in [3.05, 3.63) is 35.2 Å². The van der Waals surface area contributed by atoms with E-state index in [-0.39, 0.29) is 11.9 Å². The molecule has 0 saturated carbocycles. The van der Waals surface area contributed by atoms with Crippen LogP contribution in [0.25, 0.3) is 21.1 Å². The normalized spacial score (nSPS) is 11.4. The molecule has 0 unspecified atom stereocenters. The largest absolute Gasteiger partial charge is 0.397 e. The first-order chi connectivity index (χ1) is 9.99. The second-order valence-corrected chi connectivity index (χ2v) is 6.39. The van der Waals surface area contributed by atoms with Crippen LogP contribution in [-0.2, 0) is 0 Å². The Kier molecular flexibility index (Phi) is 3.29. The van der Waals surface area contributed by atoms with Gasteiger partial charge < -0.3 is 10.6 Å². The zero-order valence-electron chi connectivity index (χ0n) is 12.3. The number of pyridine rings is 1. The van der Waals surface area contributed by atoms with E-state index in [1.54, 1.807) is 11.9 Å². The number of thiophene rings is 1. The van der Waals surface area contributed by atoms with E-state index in [2.05, 4.69) is 4.98 Å². The molecule has 0 atom stereocenters. The Morgan fingerprint density at radius 3 is 2.76 bits per heavy atom. The number of anilines is 1. The van der Waals surface area contributed by atoms with Crippen molar-refractivity contribution in [3.8, 4) is 0 Å². The summed E-state index contributed by atoms with van der Waals surface area (Å²) in [4.78, 5) is 20.2. The fourth-order valence-electron chi connectivity index (χ4n) is 2.20. The molecule has 3 aromatic rings. The second-order valence-electron chi connectivity index (χ2n) is 5.39. The van der Waals surface area contributed by atoms with Gasteiger partial charge in [-0.2, -0.15) is 0 Å². The van der Waals surface area contributed by atoms with E-state index in [1.807, 2.05) is 44.2 Å². The molecule has 1 aromatic carbocycles. The molecule has 0 aliphatic rings. The van der Waals surface area contributed by atoms with Crippen molar-refractivity contribution < 1.29 is 4.79 Å². The summed E-state index contributed by atoms with van der Waals surface area (Å²) >= 11 is 1.37. The van der Waals surface area contributed by atoms with Gasteiger partial charge in [0.2, 0.25) is 0 Å². The van der Waals surface area contributed by atoms with Crippen molar-refractivity contribution in [1.29, 1.82) is 0 Å². The number of fused-ring (bicyclic) bond motifs is 2. The number of para-hydroxylation sites is 1. The highest BCUT2D eigenvalue weighted by Crippen LogP contribution is 2.35. The molecule has 0 fully saturated rings. The van der Waals surface area contributed by atoms with Crippen LogP contribution in [0.1, 0.15) is 23.5 Å². The summed E-state index contributed by atoms with van der Waals surface area (Å²) in [5.41, 5.74) is 7.64. The van der Waals surface area contributed by atoms with E-state index in [0.29, 0.717) is 10.6 Å². The Labute approximate surface area is 127 Å². The molecule has 0 aliphatic heterocycles. The van der Waals surface area contributed by atoms with Crippen LogP contribution in [0, 0.1) is 0 Å². The molecule has 5 heteroatoms. The van der Waals surface area contributed by atoms with Crippen LogP contribution in [0.4, 0.5) is 5.69 Å². The topological polar surface area (TPSA) is 59.2 Å². The molecule has 108 valence electrons. The molecule has 0 saturated heterocycles. The monoisotopic (exact) mass is 299 g/mol. The predicted octanol–water partition coefficient (Wildman–Crippen LogP) is 3.51.